The maximum absolute atomic E-state index is 12.8. The van der Waals surface area contributed by atoms with Gasteiger partial charge in [-0.3, -0.25) is 9.59 Å². The molecule has 0 bridgehead atoms. The first-order valence-electron chi connectivity index (χ1n) is 9.55. The molecule has 0 radical (unpaired) electrons. The van der Waals surface area contributed by atoms with Crippen LogP contribution in [0.15, 0.2) is 42.5 Å². The van der Waals surface area contributed by atoms with Crippen molar-refractivity contribution in [1.82, 2.24) is 0 Å². The largest absolute Gasteiger partial charge is 0.495 e. The normalized spacial score (nSPS) is 17.0. The highest BCUT2D eigenvalue weighted by Gasteiger charge is 2.35. The molecule has 2 aromatic carbocycles. The zero-order valence-corrected chi connectivity index (χ0v) is 17.2. The lowest BCUT2D eigenvalue weighted by atomic mass is 9.87. The summed E-state index contributed by atoms with van der Waals surface area (Å²) in [7, 11) is 1.57. The molecule has 1 saturated heterocycles. The Kier molecular flexibility index (Phi) is 5.45. The van der Waals surface area contributed by atoms with Gasteiger partial charge < -0.3 is 15.0 Å². The first kappa shape index (κ1) is 19.9. The van der Waals surface area contributed by atoms with Gasteiger partial charge in [-0.1, -0.05) is 39.0 Å². The minimum absolute atomic E-state index is 0.0279. The number of hydrogen-bond acceptors (Lipinski definition) is 3. The van der Waals surface area contributed by atoms with Gasteiger partial charge in [-0.25, -0.2) is 0 Å². The molecule has 2 aromatic rings. The molecule has 1 unspecified atom stereocenters. The number of aryl methyl sites for hydroxylation is 1. The van der Waals surface area contributed by atoms with Gasteiger partial charge in [-0.05, 0) is 47.7 Å². The van der Waals surface area contributed by atoms with Crippen molar-refractivity contribution in [2.24, 2.45) is 5.92 Å². The molecule has 3 rings (SSSR count). The van der Waals surface area contributed by atoms with Crippen LogP contribution < -0.4 is 15.0 Å². The topological polar surface area (TPSA) is 58.6 Å². The number of amides is 2. The lowest BCUT2D eigenvalue weighted by molar-refractivity contribution is -0.122. The molecule has 5 heteroatoms. The fourth-order valence-corrected chi connectivity index (χ4v) is 3.43. The monoisotopic (exact) mass is 380 g/mol. The molecule has 0 aliphatic carbocycles. The van der Waals surface area contributed by atoms with E-state index in [1.807, 2.05) is 49.4 Å². The van der Waals surface area contributed by atoms with Crippen molar-refractivity contribution in [3.05, 3.63) is 53.6 Å². The Morgan fingerprint density at radius 1 is 1.14 bits per heavy atom. The number of nitrogens with zero attached hydrogens (tertiary/aromatic N) is 1. The highest BCUT2D eigenvalue weighted by molar-refractivity contribution is 6.04. The summed E-state index contributed by atoms with van der Waals surface area (Å²) in [5, 5.41) is 2.92. The van der Waals surface area contributed by atoms with E-state index in [0.29, 0.717) is 18.0 Å². The quantitative estimate of drug-likeness (QED) is 0.861. The molecule has 2 amide bonds. The van der Waals surface area contributed by atoms with E-state index in [2.05, 4.69) is 26.1 Å². The van der Waals surface area contributed by atoms with Gasteiger partial charge >= 0.3 is 0 Å². The van der Waals surface area contributed by atoms with E-state index in [4.69, 9.17) is 4.74 Å². The van der Waals surface area contributed by atoms with Crippen LogP contribution in [0.3, 0.4) is 0 Å². The number of carbonyl (C=O) groups excluding carboxylic acids is 2. The van der Waals surface area contributed by atoms with Crippen LogP contribution >= 0.6 is 0 Å². The number of benzene rings is 2. The summed E-state index contributed by atoms with van der Waals surface area (Å²) in [6, 6.07) is 13.6. The Hall–Kier alpha value is -2.82. The second-order valence-corrected chi connectivity index (χ2v) is 8.40. The molecule has 1 N–H and O–H groups in total. The smallest absolute Gasteiger partial charge is 0.229 e. The van der Waals surface area contributed by atoms with Crippen LogP contribution in [0, 0.1) is 12.8 Å². The molecule has 1 aliphatic heterocycles. The van der Waals surface area contributed by atoms with E-state index in [-0.39, 0.29) is 29.6 Å². The Labute approximate surface area is 166 Å². The third-order valence-corrected chi connectivity index (χ3v) is 5.15. The maximum Gasteiger partial charge on any atom is 0.229 e. The predicted molar refractivity (Wildman–Crippen MR) is 112 cm³/mol. The highest BCUT2D eigenvalue weighted by atomic mass is 16.5. The molecular formula is C23H28N2O3. The van der Waals surface area contributed by atoms with Gasteiger partial charge in [-0.2, -0.15) is 0 Å². The Bertz CT molecular complexity index is 882. The molecule has 1 heterocycles. The van der Waals surface area contributed by atoms with Crippen LogP contribution in [0.5, 0.6) is 5.75 Å². The first-order valence-corrected chi connectivity index (χ1v) is 9.55. The van der Waals surface area contributed by atoms with E-state index in [0.717, 1.165) is 11.3 Å². The molecule has 28 heavy (non-hydrogen) atoms. The van der Waals surface area contributed by atoms with Crippen LogP contribution in [0.1, 0.15) is 38.3 Å². The highest BCUT2D eigenvalue weighted by Crippen LogP contribution is 2.30. The summed E-state index contributed by atoms with van der Waals surface area (Å²) in [5.74, 6) is 0.0313. The molecule has 0 aromatic heterocycles. The summed E-state index contributed by atoms with van der Waals surface area (Å²) in [4.78, 5) is 27.0. The molecule has 1 atom stereocenters. The van der Waals surface area contributed by atoms with Crippen molar-refractivity contribution in [3.63, 3.8) is 0 Å². The molecule has 1 fully saturated rings. The SMILES string of the molecule is COc1ccc(C)cc1NC(=O)C1CC(=O)N(c2ccc(C(C)(C)C)cc2)C1. The van der Waals surface area contributed by atoms with Gasteiger partial charge in [0.05, 0.1) is 18.7 Å². The Morgan fingerprint density at radius 2 is 1.82 bits per heavy atom. The summed E-state index contributed by atoms with van der Waals surface area (Å²) in [6.45, 7) is 8.81. The Morgan fingerprint density at radius 3 is 2.43 bits per heavy atom. The fourth-order valence-electron chi connectivity index (χ4n) is 3.43. The maximum atomic E-state index is 12.8. The second kappa shape index (κ2) is 7.66. The van der Waals surface area contributed by atoms with Gasteiger partial charge in [0.1, 0.15) is 5.75 Å². The van der Waals surface area contributed by atoms with Crippen LogP contribution in [0.25, 0.3) is 0 Å². The number of nitrogens with one attached hydrogen (secondary N) is 1. The van der Waals surface area contributed by atoms with E-state index < -0.39 is 0 Å². The standard InChI is InChI=1S/C23H28N2O3/c1-15-6-11-20(28-5)19(12-15)24-22(27)16-13-21(26)25(14-16)18-9-7-17(8-10-18)23(2,3)4/h6-12,16H,13-14H2,1-5H3,(H,24,27). The van der Waals surface area contributed by atoms with Gasteiger partial charge in [0.15, 0.2) is 0 Å². The molecule has 1 aliphatic rings. The molecule has 5 nitrogen and oxygen atoms in total. The van der Waals surface area contributed by atoms with Crippen LogP contribution in [-0.2, 0) is 15.0 Å². The average Bonchev–Trinajstić information content (AvgIpc) is 3.03. The summed E-state index contributed by atoms with van der Waals surface area (Å²) in [6.07, 6.45) is 0.209. The zero-order valence-electron chi connectivity index (χ0n) is 17.2. The number of hydrogen-bond donors (Lipinski definition) is 1. The van der Waals surface area contributed by atoms with Crippen molar-refractivity contribution in [2.45, 2.75) is 39.5 Å². The van der Waals surface area contributed by atoms with Crippen molar-refractivity contribution in [2.75, 3.05) is 23.9 Å². The van der Waals surface area contributed by atoms with Crippen molar-refractivity contribution < 1.29 is 14.3 Å². The van der Waals surface area contributed by atoms with E-state index in [9.17, 15) is 9.59 Å². The van der Waals surface area contributed by atoms with Gasteiger partial charge in [0.2, 0.25) is 11.8 Å². The second-order valence-electron chi connectivity index (χ2n) is 8.40. The number of rotatable bonds is 4. The first-order chi connectivity index (χ1) is 13.2. The van der Waals surface area contributed by atoms with Crippen LogP contribution in [0.4, 0.5) is 11.4 Å². The van der Waals surface area contributed by atoms with E-state index in [1.54, 1.807) is 12.0 Å². The fraction of sp³-hybridized carbons (Fsp3) is 0.391. The number of carbonyl (C=O) groups is 2. The minimum atomic E-state index is -0.389. The van der Waals surface area contributed by atoms with Crippen molar-refractivity contribution in [1.29, 1.82) is 0 Å². The van der Waals surface area contributed by atoms with Gasteiger partial charge in [-0.15, -0.1) is 0 Å². The van der Waals surface area contributed by atoms with Gasteiger partial charge in [0, 0.05) is 18.7 Å². The molecular weight excluding hydrogens is 352 g/mol. The summed E-state index contributed by atoms with van der Waals surface area (Å²) < 4.78 is 5.32. The van der Waals surface area contributed by atoms with Crippen molar-refractivity contribution in [3.8, 4) is 5.75 Å². The predicted octanol–water partition coefficient (Wildman–Crippen LogP) is 4.29. The third-order valence-electron chi connectivity index (χ3n) is 5.15. The molecule has 148 valence electrons. The zero-order chi connectivity index (χ0) is 20.5. The number of methoxy groups -OCH3 is 1. The van der Waals surface area contributed by atoms with Crippen LogP contribution in [-0.4, -0.2) is 25.5 Å². The van der Waals surface area contributed by atoms with Crippen LogP contribution in [0.2, 0.25) is 0 Å². The summed E-state index contributed by atoms with van der Waals surface area (Å²) >= 11 is 0. The lowest BCUT2D eigenvalue weighted by Gasteiger charge is -2.21. The van der Waals surface area contributed by atoms with Gasteiger partial charge in [0.25, 0.3) is 0 Å². The van der Waals surface area contributed by atoms with E-state index in [1.165, 1.54) is 5.56 Å². The Balaban J connectivity index is 1.72. The summed E-state index contributed by atoms with van der Waals surface area (Å²) in [5.41, 5.74) is 3.76. The van der Waals surface area contributed by atoms with E-state index >= 15 is 0 Å². The molecule has 0 saturated carbocycles. The lowest BCUT2D eigenvalue weighted by Crippen LogP contribution is -2.28. The minimum Gasteiger partial charge on any atom is -0.495 e. The molecule has 0 spiro atoms. The van der Waals surface area contributed by atoms with Crippen molar-refractivity contribution >= 4 is 23.2 Å². The third kappa shape index (κ3) is 4.19. The number of anilines is 2. The number of ether oxygens (including phenoxy) is 1. The average molecular weight is 380 g/mol.